The largest absolute Gasteiger partial charge is 0.496 e. The van der Waals surface area contributed by atoms with E-state index < -0.39 is 12.1 Å². The Morgan fingerprint density at radius 2 is 2.24 bits per heavy atom. The third kappa shape index (κ3) is 3.44. The van der Waals surface area contributed by atoms with E-state index in [1.165, 1.54) is 7.11 Å². The lowest BCUT2D eigenvalue weighted by atomic mass is 9.98. The molecular weight excluding hydrogens is 288 g/mol. The van der Waals surface area contributed by atoms with Crippen molar-refractivity contribution >= 4 is 21.9 Å². The highest BCUT2D eigenvalue weighted by Crippen LogP contribution is 2.28. The number of aliphatic hydroxyl groups excluding tert-OH is 1. The van der Waals surface area contributed by atoms with Gasteiger partial charge in [0.1, 0.15) is 5.75 Å². The normalized spacial score (nSPS) is 12.2. The van der Waals surface area contributed by atoms with Gasteiger partial charge >= 0.3 is 5.97 Å². The Hall–Kier alpha value is -1.07. The monoisotopic (exact) mass is 302 g/mol. The Morgan fingerprint density at radius 3 is 2.76 bits per heavy atom. The molecule has 5 heteroatoms. The molecule has 1 aromatic carbocycles. The number of halogens is 1. The highest BCUT2D eigenvalue weighted by atomic mass is 79.9. The van der Waals surface area contributed by atoms with E-state index in [2.05, 4.69) is 15.9 Å². The van der Waals surface area contributed by atoms with E-state index in [0.29, 0.717) is 17.7 Å². The first-order valence-corrected chi connectivity index (χ1v) is 6.36. The van der Waals surface area contributed by atoms with Gasteiger partial charge in [0.05, 0.1) is 7.11 Å². The lowest BCUT2D eigenvalue weighted by Gasteiger charge is -2.15. The summed E-state index contributed by atoms with van der Waals surface area (Å²) in [5.41, 5.74) is 1.15. The van der Waals surface area contributed by atoms with Gasteiger partial charge in [-0.3, -0.25) is 0 Å². The smallest absolute Gasteiger partial charge is 0.337 e. The first-order valence-electron chi connectivity index (χ1n) is 5.24. The SMILES string of the molecule is COc1cccc(C(O)C(=O)O)c1CCCBr. The Morgan fingerprint density at radius 1 is 1.53 bits per heavy atom. The van der Waals surface area contributed by atoms with Gasteiger partial charge in [0, 0.05) is 10.9 Å². The molecule has 1 aromatic rings. The second kappa shape index (κ2) is 6.61. The summed E-state index contributed by atoms with van der Waals surface area (Å²) >= 11 is 3.32. The molecule has 0 aliphatic carbocycles. The number of hydrogen-bond donors (Lipinski definition) is 2. The summed E-state index contributed by atoms with van der Waals surface area (Å²) in [7, 11) is 1.53. The van der Waals surface area contributed by atoms with E-state index in [1.54, 1.807) is 18.2 Å². The summed E-state index contributed by atoms with van der Waals surface area (Å²) in [6, 6.07) is 5.06. The van der Waals surface area contributed by atoms with Crippen LogP contribution in [0.4, 0.5) is 0 Å². The van der Waals surface area contributed by atoms with Crippen LogP contribution in [0.2, 0.25) is 0 Å². The number of carboxylic acids is 1. The molecule has 0 saturated carbocycles. The average molecular weight is 303 g/mol. The summed E-state index contributed by atoms with van der Waals surface area (Å²) in [5.74, 6) is -0.637. The molecule has 1 rings (SSSR count). The predicted octanol–water partition coefficient (Wildman–Crippen LogP) is 2.14. The molecule has 0 spiro atoms. The Labute approximate surface area is 108 Å². The molecule has 94 valence electrons. The fraction of sp³-hybridized carbons (Fsp3) is 0.417. The van der Waals surface area contributed by atoms with E-state index in [1.807, 2.05) is 0 Å². The molecule has 0 saturated heterocycles. The third-order valence-corrected chi connectivity index (χ3v) is 3.04. The number of aliphatic hydroxyl groups is 1. The van der Waals surface area contributed by atoms with Crippen LogP contribution in [-0.4, -0.2) is 28.6 Å². The number of carbonyl (C=O) groups is 1. The van der Waals surface area contributed by atoms with Gasteiger partial charge in [-0.15, -0.1) is 0 Å². The molecule has 0 fully saturated rings. The second-order valence-electron chi connectivity index (χ2n) is 3.56. The van der Waals surface area contributed by atoms with Crippen molar-refractivity contribution in [1.29, 1.82) is 0 Å². The van der Waals surface area contributed by atoms with Gasteiger partial charge in [0.25, 0.3) is 0 Å². The standard InChI is InChI=1S/C12H15BrO4/c1-17-10-6-2-4-9(11(14)12(15)16)8(10)5-3-7-13/h2,4,6,11,14H,3,5,7H2,1H3,(H,15,16). The second-order valence-corrected chi connectivity index (χ2v) is 4.35. The van der Waals surface area contributed by atoms with Crippen molar-refractivity contribution < 1.29 is 19.7 Å². The van der Waals surface area contributed by atoms with Gasteiger partial charge in [-0.05, 0) is 24.5 Å². The van der Waals surface area contributed by atoms with Crippen molar-refractivity contribution in [1.82, 2.24) is 0 Å². The summed E-state index contributed by atoms with van der Waals surface area (Å²) in [4.78, 5) is 10.8. The predicted molar refractivity (Wildman–Crippen MR) is 67.7 cm³/mol. The minimum Gasteiger partial charge on any atom is -0.496 e. The molecule has 2 N–H and O–H groups in total. The number of methoxy groups -OCH3 is 1. The molecule has 0 aromatic heterocycles. The number of benzene rings is 1. The van der Waals surface area contributed by atoms with Crippen molar-refractivity contribution in [2.24, 2.45) is 0 Å². The Balaban J connectivity index is 3.13. The van der Waals surface area contributed by atoms with Gasteiger partial charge in [0.15, 0.2) is 6.10 Å². The van der Waals surface area contributed by atoms with Crippen LogP contribution in [0.1, 0.15) is 23.7 Å². The van der Waals surface area contributed by atoms with Gasteiger partial charge in [-0.1, -0.05) is 28.1 Å². The van der Waals surface area contributed by atoms with Crippen LogP contribution in [0.3, 0.4) is 0 Å². The van der Waals surface area contributed by atoms with Crippen molar-refractivity contribution in [3.63, 3.8) is 0 Å². The van der Waals surface area contributed by atoms with E-state index in [9.17, 15) is 9.90 Å². The van der Waals surface area contributed by atoms with Gasteiger partial charge in [-0.25, -0.2) is 4.79 Å². The quantitative estimate of drug-likeness (QED) is 0.790. The maximum Gasteiger partial charge on any atom is 0.337 e. The zero-order chi connectivity index (χ0) is 12.8. The first kappa shape index (κ1) is 14.0. The fourth-order valence-corrected chi connectivity index (χ4v) is 1.95. The van der Waals surface area contributed by atoms with E-state index in [0.717, 1.165) is 17.3 Å². The van der Waals surface area contributed by atoms with Crippen molar-refractivity contribution in [3.8, 4) is 5.75 Å². The molecule has 17 heavy (non-hydrogen) atoms. The first-order chi connectivity index (χ1) is 8.11. The number of rotatable bonds is 6. The highest BCUT2D eigenvalue weighted by molar-refractivity contribution is 9.09. The molecule has 0 heterocycles. The lowest BCUT2D eigenvalue weighted by molar-refractivity contribution is -0.147. The van der Waals surface area contributed by atoms with E-state index >= 15 is 0 Å². The highest BCUT2D eigenvalue weighted by Gasteiger charge is 2.21. The van der Waals surface area contributed by atoms with Crippen LogP contribution in [0, 0.1) is 0 Å². The minimum absolute atomic E-state index is 0.401. The van der Waals surface area contributed by atoms with Crippen molar-refractivity contribution in [3.05, 3.63) is 29.3 Å². The van der Waals surface area contributed by atoms with E-state index in [4.69, 9.17) is 9.84 Å². The summed E-state index contributed by atoms with van der Waals surface area (Å²) < 4.78 is 5.19. The van der Waals surface area contributed by atoms with Crippen molar-refractivity contribution in [2.75, 3.05) is 12.4 Å². The third-order valence-electron chi connectivity index (χ3n) is 2.48. The molecule has 0 amide bonds. The van der Waals surface area contributed by atoms with Crippen LogP contribution >= 0.6 is 15.9 Å². The molecule has 0 aliphatic rings. The summed E-state index contributed by atoms with van der Waals surface area (Å²) in [6.45, 7) is 0. The molecule has 0 radical (unpaired) electrons. The zero-order valence-corrected chi connectivity index (χ0v) is 11.1. The number of carboxylic acid groups (broad SMARTS) is 1. The maximum atomic E-state index is 10.8. The number of hydrogen-bond acceptors (Lipinski definition) is 3. The topological polar surface area (TPSA) is 66.8 Å². The summed E-state index contributed by atoms with van der Waals surface area (Å²) in [5, 5.41) is 19.3. The van der Waals surface area contributed by atoms with Crippen LogP contribution in [0.15, 0.2) is 18.2 Å². The van der Waals surface area contributed by atoms with Gasteiger partial charge in [-0.2, -0.15) is 0 Å². The van der Waals surface area contributed by atoms with Crippen LogP contribution in [-0.2, 0) is 11.2 Å². The van der Waals surface area contributed by atoms with Crippen LogP contribution < -0.4 is 4.74 Å². The fourth-order valence-electron chi connectivity index (χ4n) is 1.67. The minimum atomic E-state index is -1.50. The van der Waals surface area contributed by atoms with Gasteiger partial charge in [0.2, 0.25) is 0 Å². The molecule has 0 aliphatic heterocycles. The average Bonchev–Trinajstić information content (AvgIpc) is 2.34. The molecular formula is C12H15BrO4. The summed E-state index contributed by atoms with van der Waals surface area (Å²) in [6.07, 6.45) is 0.00434. The lowest BCUT2D eigenvalue weighted by Crippen LogP contribution is -2.13. The zero-order valence-electron chi connectivity index (χ0n) is 9.52. The Kier molecular flexibility index (Phi) is 5.44. The number of ether oxygens (including phenoxy) is 1. The van der Waals surface area contributed by atoms with E-state index in [-0.39, 0.29) is 0 Å². The molecule has 1 unspecified atom stereocenters. The molecule has 4 nitrogen and oxygen atoms in total. The Bertz CT molecular complexity index is 392. The van der Waals surface area contributed by atoms with Crippen LogP contribution in [0.25, 0.3) is 0 Å². The van der Waals surface area contributed by atoms with Gasteiger partial charge < -0.3 is 14.9 Å². The molecule has 1 atom stereocenters. The molecule has 0 bridgehead atoms. The number of alkyl halides is 1. The number of aliphatic carboxylic acids is 1. The van der Waals surface area contributed by atoms with Crippen LogP contribution in [0.5, 0.6) is 5.75 Å². The van der Waals surface area contributed by atoms with Crippen molar-refractivity contribution in [2.45, 2.75) is 18.9 Å². The maximum absolute atomic E-state index is 10.8.